The first-order chi connectivity index (χ1) is 13.6. The van der Waals surface area contributed by atoms with Crippen LogP contribution in [-0.4, -0.2) is 53.7 Å². The zero-order valence-electron chi connectivity index (χ0n) is 16.8. The molecule has 28 heavy (non-hydrogen) atoms. The SMILES string of the molecule is CCCC(=O)N1CCCC(C(=O)Nc2cccc(C(=O)N3CCCCC3)c2)C1. The molecule has 0 saturated carbocycles. The molecule has 0 aliphatic carbocycles. The first-order valence-electron chi connectivity index (χ1n) is 10.6. The summed E-state index contributed by atoms with van der Waals surface area (Å²) >= 11 is 0. The van der Waals surface area contributed by atoms with Crippen LogP contribution in [0, 0.1) is 5.92 Å². The molecule has 3 rings (SSSR count). The van der Waals surface area contributed by atoms with Crippen LogP contribution in [0.4, 0.5) is 5.69 Å². The summed E-state index contributed by atoms with van der Waals surface area (Å²) in [5.74, 6) is -0.105. The van der Waals surface area contributed by atoms with Gasteiger partial charge >= 0.3 is 0 Å². The molecule has 2 aliphatic rings. The van der Waals surface area contributed by atoms with Crippen molar-refractivity contribution in [3.05, 3.63) is 29.8 Å². The molecule has 2 saturated heterocycles. The van der Waals surface area contributed by atoms with Gasteiger partial charge in [-0.1, -0.05) is 13.0 Å². The Bertz CT molecular complexity index is 713. The lowest BCUT2D eigenvalue weighted by molar-refractivity contribution is -0.134. The van der Waals surface area contributed by atoms with Crippen LogP contribution in [0.1, 0.15) is 62.2 Å². The third-order valence-electron chi connectivity index (χ3n) is 5.63. The Morgan fingerprint density at radius 1 is 1.04 bits per heavy atom. The fraction of sp³-hybridized carbons (Fsp3) is 0.591. The molecule has 1 aromatic rings. The van der Waals surface area contributed by atoms with E-state index in [2.05, 4.69) is 5.32 Å². The van der Waals surface area contributed by atoms with Crippen molar-refractivity contribution >= 4 is 23.4 Å². The molecule has 1 aromatic carbocycles. The molecule has 0 spiro atoms. The van der Waals surface area contributed by atoms with Gasteiger partial charge in [-0.2, -0.15) is 0 Å². The molecule has 1 atom stereocenters. The van der Waals surface area contributed by atoms with Gasteiger partial charge in [-0.3, -0.25) is 14.4 Å². The predicted molar refractivity (Wildman–Crippen MR) is 109 cm³/mol. The molecule has 1 N–H and O–H groups in total. The number of carbonyl (C=O) groups is 3. The summed E-state index contributed by atoms with van der Waals surface area (Å²) in [6, 6.07) is 7.19. The lowest BCUT2D eigenvalue weighted by Crippen LogP contribution is -2.43. The van der Waals surface area contributed by atoms with Gasteiger partial charge in [0.1, 0.15) is 0 Å². The minimum Gasteiger partial charge on any atom is -0.342 e. The van der Waals surface area contributed by atoms with E-state index in [1.807, 2.05) is 28.9 Å². The van der Waals surface area contributed by atoms with E-state index in [4.69, 9.17) is 0 Å². The number of anilines is 1. The maximum absolute atomic E-state index is 12.7. The van der Waals surface area contributed by atoms with Gasteiger partial charge in [0.05, 0.1) is 5.92 Å². The zero-order chi connectivity index (χ0) is 19.9. The number of nitrogens with one attached hydrogen (secondary N) is 1. The maximum atomic E-state index is 12.7. The van der Waals surface area contributed by atoms with Crippen LogP contribution in [-0.2, 0) is 9.59 Å². The average molecular weight is 386 g/mol. The Morgan fingerprint density at radius 3 is 2.54 bits per heavy atom. The predicted octanol–water partition coefficient (Wildman–Crippen LogP) is 3.29. The first kappa shape index (κ1) is 20.4. The van der Waals surface area contributed by atoms with Gasteiger partial charge in [-0.25, -0.2) is 0 Å². The van der Waals surface area contributed by atoms with Crippen molar-refractivity contribution < 1.29 is 14.4 Å². The van der Waals surface area contributed by atoms with Crippen molar-refractivity contribution in [2.24, 2.45) is 5.92 Å². The van der Waals surface area contributed by atoms with Crippen molar-refractivity contribution in [3.63, 3.8) is 0 Å². The molecule has 2 fully saturated rings. The van der Waals surface area contributed by atoms with E-state index in [-0.39, 0.29) is 23.6 Å². The highest BCUT2D eigenvalue weighted by Gasteiger charge is 2.28. The molecule has 3 amide bonds. The second kappa shape index (κ2) is 9.71. The summed E-state index contributed by atoms with van der Waals surface area (Å²) in [6.07, 6.45) is 6.28. The van der Waals surface area contributed by atoms with Gasteiger partial charge in [0.25, 0.3) is 5.91 Å². The summed E-state index contributed by atoms with van der Waals surface area (Å²) in [7, 11) is 0. The normalized spacial score (nSPS) is 20.0. The lowest BCUT2D eigenvalue weighted by atomic mass is 9.96. The van der Waals surface area contributed by atoms with E-state index < -0.39 is 0 Å². The van der Waals surface area contributed by atoms with E-state index in [1.165, 1.54) is 6.42 Å². The number of hydrogen-bond acceptors (Lipinski definition) is 3. The molecule has 0 aromatic heterocycles. The van der Waals surface area contributed by atoms with Gasteiger partial charge in [0.15, 0.2) is 0 Å². The number of carbonyl (C=O) groups excluding carboxylic acids is 3. The van der Waals surface area contributed by atoms with Crippen LogP contribution < -0.4 is 5.32 Å². The van der Waals surface area contributed by atoms with Crippen molar-refractivity contribution in [3.8, 4) is 0 Å². The standard InChI is InChI=1S/C22H31N3O3/c1-2-8-20(26)25-14-7-10-18(16-25)21(27)23-19-11-6-9-17(15-19)22(28)24-12-4-3-5-13-24/h6,9,11,15,18H,2-5,7-8,10,12-14,16H2,1H3,(H,23,27). The average Bonchev–Trinajstić information content (AvgIpc) is 2.74. The Hall–Kier alpha value is -2.37. The molecule has 0 bridgehead atoms. The molecule has 2 aliphatic heterocycles. The van der Waals surface area contributed by atoms with Gasteiger partial charge in [-0.05, 0) is 56.7 Å². The fourth-order valence-corrected chi connectivity index (χ4v) is 4.04. The monoisotopic (exact) mass is 385 g/mol. The van der Waals surface area contributed by atoms with Gasteiger partial charge in [-0.15, -0.1) is 0 Å². The summed E-state index contributed by atoms with van der Waals surface area (Å²) in [5, 5.41) is 2.95. The molecule has 6 heteroatoms. The third-order valence-corrected chi connectivity index (χ3v) is 5.63. The van der Waals surface area contributed by atoms with Crippen LogP contribution in [0.15, 0.2) is 24.3 Å². The summed E-state index contributed by atoms with van der Waals surface area (Å²) < 4.78 is 0. The molecular formula is C22H31N3O3. The van der Waals surface area contributed by atoms with Crippen molar-refractivity contribution in [2.75, 3.05) is 31.5 Å². The molecule has 2 heterocycles. The number of likely N-dealkylation sites (tertiary alicyclic amines) is 2. The van der Waals surface area contributed by atoms with Gasteiger partial charge in [0, 0.05) is 43.9 Å². The summed E-state index contributed by atoms with van der Waals surface area (Å²) in [4.78, 5) is 41.3. The Labute approximate surface area is 167 Å². The number of hydrogen-bond donors (Lipinski definition) is 1. The number of benzene rings is 1. The molecular weight excluding hydrogens is 354 g/mol. The van der Waals surface area contributed by atoms with Crippen molar-refractivity contribution in [2.45, 2.75) is 51.9 Å². The number of piperidine rings is 2. The number of rotatable bonds is 5. The van der Waals surface area contributed by atoms with Crippen LogP contribution in [0.25, 0.3) is 0 Å². The fourth-order valence-electron chi connectivity index (χ4n) is 4.04. The maximum Gasteiger partial charge on any atom is 0.253 e. The molecule has 152 valence electrons. The van der Waals surface area contributed by atoms with Gasteiger partial charge < -0.3 is 15.1 Å². The summed E-state index contributed by atoms with van der Waals surface area (Å²) in [6.45, 7) is 4.82. The number of amides is 3. The van der Waals surface area contributed by atoms with E-state index in [0.717, 1.165) is 51.7 Å². The van der Waals surface area contributed by atoms with Crippen LogP contribution in [0.2, 0.25) is 0 Å². The molecule has 1 unspecified atom stereocenters. The minimum atomic E-state index is -0.198. The Kier molecular flexibility index (Phi) is 7.06. The quantitative estimate of drug-likeness (QED) is 0.846. The molecule has 6 nitrogen and oxygen atoms in total. The van der Waals surface area contributed by atoms with E-state index >= 15 is 0 Å². The molecule has 0 radical (unpaired) electrons. The zero-order valence-corrected chi connectivity index (χ0v) is 16.8. The largest absolute Gasteiger partial charge is 0.342 e. The van der Waals surface area contributed by atoms with Crippen LogP contribution >= 0.6 is 0 Å². The smallest absolute Gasteiger partial charge is 0.253 e. The van der Waals surface area contributed by atoms with E-state index in [0.29, 0.717) is 24.2 Å². The highest BCUT2D eigenvalue weighted by molar-refractivity contribution is 5.98. The van der Waals surface area contributed by atoms with E-state index in [9.17, 15) is 14.4 Å². The highest BCUT2D eigenvalue weighted by Crippen LogP contribution is 2.21. The Balaban J connectivity index is 1.60. The van der Waals surface area contributed by atoms with E-state index in [1.54, 1.807) is 12.1 Å². The highest BCUT2D eigenvalue weighted by atomic mass is 16.2. The minimum absolute atomic E-state index is 0.0322. The van der Waals surface area contributed by atoms with Crippen LogP contribution in [0.3, 0.4) is 0 Å². The lowest BCUT2D eigenvalue weighted by Gasteiger charge is -2.32. The van der Waals surface area contributed by atoms with Crippen LogP contribution in [0.5, 0.6) is 0 Å². The van der Waals surface area contributed by atoms with Crippen molar-refractivity contribution in [1.82, 2.24) is 9.80 Å². The third kappa shape index (κ3) is 5.12. The summed E-state index contributed by atoms with van der Waals surface area (Å²) in [5.41, 5.74) is 1.26. The first-order valence-corrected chi connectivity index (χ1v) is 10.6. The van der Waals surface area contributed by atoms with Gasteiger partial charge in [0.2, 0.25) is 11.8 Å². The second-order valence-electron chi connectivity index (χ2n) is 7.85. The Morgan fingerprint density at radius 2 is 1.79 bits per heavy atom. The number of nitrogens with zero attached hydrogens (tertiary/aromatic N) is 2. The topological polar surface area (TPSA) is 69.7 Å². The second-order valence-corrected chi connectivity index (χ2v) is 7.85. The van der Waals surface area contributed by atoms with Crippen molar-refractivity contribution in [1.29, 1.82) is 0 Å².